The Hall–Kier alpha value is -1.88. The van der Waals surface area contributed by atoms with Crippen LogP contribution in [0.25, 0.3) is 0 Å². The number of halogens is 2. The normalized spacial score (nSPS) is 10.2. The molecule has 2 rings (SSSR count). The molecule has 2 aromatic carbocycles. The number of carbonyl (C=O) groups is 1. The molecule has 5 heteroatoms. The fourth-order valence-corrected chi connectivity index (χ4v) is 2.14. The van der Waals surface area contributed by atoms with E-state index in [0.717, 1.165) is 10.0 Å². The average Bonchev–Trinajstić information content (AvgIpc) is 2.42. The molecule has 0 aliphatic heterocycles. The quantitative estimate of drug-likeness (QED) is 0.913. The summed E-state index contributed by atoms with van der Waals surface area (Å²) in [5.74, 6) is -0.961. The number of anilines is 1. The molecule has 0 bridgehead atoms. The Labute approximate surface area is 124 Å². The van der Waals surface area contributed by atoms with E-state index >= 15 is 0 Å². The molecule has 0 radical (unpaired) electrons. The molecule has 0 aliphatic carbocycles. The summed E-state index contributed by atoms with van der Waals surface area (Å²) in [7, 11) is 1.40. The zero-order chi connectivity index (χ0) is 14.7. The lowest BCUT2D eigenvalue weighted by molar-refractivity contribution is 0.102. The summed E-state index contributed by atoms with van der Waals surface area (Å²) in [6, 6.07) is 9.64. The number of methoxy groups -OCH3 is 1. The van der Waals surface area contributed by atoms with Crippen molar-refractivity contribution < 1.29 is 13.9 Å². The number of benzene rings is 2. The molecule has 20 heavy (non-hydrogen) atoms. The first-order valence-corrected chi connectivity index (χ1v) is 6.72. The molecular formula is C15H13BrFNO2. The van der Waals surface area contributed by atoms with Gasteiger partial charge in [0.25, 0.3) is 5.91 Å². The SMILES string of the molecule is COc1cccc(F)c1C(=O)Nc1ccc(C)c(Br)c1. The van der Waals surface area contributed by atoms with Crippen LogP contribution in [0.4, 0.5) is 10.1 Å². The Morgan fingerprint density at radius 3 is 2.70 bits per heavy atom. The number of carbonyl (C=O) groups excluding carboxylic acids is 1. The number of nitrogens with one attached hydrogen (secondary N) is 1. The first-order valence-electron chi connectivity index (χ1n) is 5.93. The molecule has 104 valence electrons. The van der Waals surface area contributed by atoms with Gasteiger partial charge in [0.2, 0.25) is 0 Å². The van der Waals surface area contributed by atoms with E-state index in [1.54, 1.807) is 18.2 Å². The number of amides is 1. The van der Waals surface area contributed by atoms with E-state index in [-0.39, 0.29) is 11.3 Å². The van der Waals surface area contributed by atoms with Gasteiger partial charge < -0.3 is 10.1 Å². The lowest BCUT2D eigenvalue weighted by Gasteiger charge is -2.10. The van der Waals surface area contributed by atoms with Crippen LogP contribution in [0.3, 0.4) is 0 Å². The zero-order valence-corrected chi connectivity index (χ0v) is 12.6. The molecule has 0 atom stereocenters. The molecule has 0 aliphatic rings. The Balaban J connectivity index is 2.30. The minimum absolute atomic E-state index is 0.105. The van der Waals surface area contributed by atoms with Crippen LogP contribution >= 0.6 is 15.9 Å². The lowest BCUT2D eigenvalue weighted by Crippen LogP contribution is -2.15. The van der Waals surface area contributed by atoms with Gasteiger partial charge in [-0.15, -0.1) is 0 Å². The maximum absolute atomic E-state index is 13.8. The van der Waals surface area contributed by atoms with E-state index < -0.39 is 11.7 Å². The summed E-state index contributed by atoms with van der Waals surface area (Å²) in [5.41, 5.74) is 1.52. The van der Waals surface area contributed by atoms with Crippen molar-refractivity contribution >= 4 is 27.5 Å². The van der Waals surface area contributed by atoms with Gasteiger partial charge in [-0.2, -0.15) is 0 Å². The average molecular weight is 338 g/mol. The van der Waals surface area contributed by atoms with Crippen molar-refractivity contribution in [2.75, 3.05) is 12.4 Å². The van der Waals surface area contributed by atoms with Gasteiger partial charge in [0.1, 0.15) is 17.1 Å². The van der Waals surface area contributed by atoms with Gasteiger partial charge in [0, 0.05) is 10.2 Å². The Morgan fingerprint density at radius 1 is 1.30 bits per heavy atom. The van der Waals surface area contributed by atoms with Crippen LogP contribution in [-0.2, 0) is 0 Å². The van der Waals surface area contributed by atoms with Crippen molar-refractivity contribution in [3.05, 3.63) is 57.8 Å². The van der Waals surface area contributed by atoms with Gasteiger partial charge in [0.15, 0.2) is 0 Å². The Morgan fingerprint density at radius 2 is 2.05 bits per heavy atom. The molecule has 0 saturated carbocycles. The molecule has 0 spiro atoms. The standard InChI is InChI=1S/C15H13BrFNO2/c1-9-6-7-10(8-11(9)16)18-15(19)14-12(17)4-3-5-13(14)20-2/h3-8H,1-2H3,(H,18,19). The number of rotatable bonds is 3. The van der Waals surface area contributed by atoms with Gasteiger partial charge in [-0.25, -0.2) is 4.39 Å². The molecular weight excluding hydrogens is 325 g/mol. The van der Waals surface area contributed by atoms with Crippen molar-refractivity contribution in [1.82, 2.24) is 0 Å². The van der Waals surface area contributed by atoms with Gasteiger partial charge in [-0.1, -0.05) is 28.1 Å². The van der Waals surface area contributed by atoms with Gasteiger partial charge in [-0.05, 0) is 36.8 Å². The largest absolute Gasteiger partial charge is 0.496 e. The first-order chi connectivity index (χ1) is 9.52. The van der Waals surface area contributed by atoms with Crippen LogP contribution in [-0.4, -0.2) is 13.0 Å². The van der Waals surface area contributed by atoms with Crippen molar-refractivity contribution in [3.63, 3.8) is 0 Å². The molecule has 1 amide bonds. The van der Waals surface area contributed by atoms with Crippen molar-refractivity contribution in [3.8, 4) is 5.75 Å². The second-order valence-corrected chi connectivity index (χ2v) is 5.09. The Bertz CT molecular complexity index is 658. The maximum atomic E-state index is 13.8. The number of hydrogen-bond donors (Lipinski definition) is 1. The van der Waals surface area contributed by atoms with Gasteiger partial charge in [-0.3, -0.25) is 4.79 Å². The van der Waals surface area contributed by atoms with Crippen LogP contribution in [0, 0.1) is 12.7 Å². The monoisotopic (exact) mass is 337 g/mol. The Kier molecular flexibility index (Phi) is 4.39. The van der Waals surface area contributed by atoms with Crippen LogP contribution < -0.4 is 10.1 Å². The highest BCUT2D eigenvalue weighted by molar-refractivity contribution is 9.10. The van der Waals surface area contributed by atoms with E-state index in [1.165, 1.54) is 19.2 Å². The van der Waals surface area contributed by atoms with Gasteiger partial charge in [0.05, 0.1) is 7.11 Å². The molecule has 0 heterocycles. The highest BCUT2D eigenvalue weighted by atomic mass is 79.9. The second kappa shape index (κ2) is 6.05. The van der Waals surface area contributed by atoms with Crippen molar-refractivity contribution in [2.24, 2.45) is 0 Å². The molecule has 0 fully saturated rings. The molecule has 3 nitrogen and oxygen atoms in total. The topological polar surface area (TPSA) is 38.3 Å². The first kappa shape index (κ1) is 14.5. The van der Waals surface area contributed by atoms with E-state index in [9.17, 15) is 9.18 Å². The third kappa shape index (κ3) is 2.99. The summed E-state index contributed by atoms with van der Waals surface area (Å²) >= 11 is 3.38. The number of hydrogen-bond acceptors (Lipinski definition) is 2. The minimum atomic E-state index is -0.618. The summed E-state index contributed by atoms with van der Waals surface area (Å²) in [4.78, 5) is 12.2. The third-order valence-electron chi connectivity index (χ3n) is 2.85. The fraction of sp³-hybridized carbons (Fsp3) is 0.133. The van der Waals surface area contributed by atoms with Crippen LogP contribution in [0.5, 0.6) is 5.75 Å². The predicted octanol–water partition coefficient (Wildman–Crippen LogP) is 4.16. The molecule has 2 aromatic rings. The smallest absolute Gasteiger partial charge is 0.262 e. The predicted molar refractivity (Wildman–Crippen MR) is 79.8 cm³/mol. The van der Waals surface area contributed by atoms with E-state index in [4.69, 9.17) is 4.74 Å². The van der Waals surface area contributed by atoms with Crippen LogP contribution in [0.2, 0.25) is 0 Å². The maximum Gasteiger partial charge on any atom is 0.262 e. The van der Waals surface area contributed by atoms with Crippen molar-refractivity contribution in [1.29, 1.82) is 0 Å². The number of ether oxygens (including phenoxy) is 1. The summed E-state index contributed by atoms with van der Waals surface area (Å²) in [5, 5.41) is 2.65. The third-order valence-corrected chi connectivity index (χ3v) is 3.71. The highest BCUT2D eigenvalue weighted by Crippen LogP contribution is 2.24. The fourth-order valence-electron chi connectivity index (χ4n) is 1.76. The van der Waals surface area contributed by atoms with Crippen LogP contribution in [0.1, 0.15) is 15.9 Å². The zero-order valence-electron chi connectivity index (χ0n) is 11.0. The van der Waals surface area contributed by atoms with E-state index in [2.05, 4.69) is 21.2 Å². The lowest BCUT2D eigenvalue weighted by atomic mass is 10.1. The van der Waals surface area contributed by atoms with Gasteiger partial charge >= 0.3 is 0 Å². The molecule has 0 unspecified atom stereocenters. The summed E-state index contributed by atoms with van der Waals surface area (Å²) in [6.45, 7) is 1.94. The summed E-state index contributed by atoms with van der Waals surface area (Å²) in [6.07, 6.45) is 0. The van der Waals surface area contributed by atoms with Crippen LogP contribution in [0.15, 0.2) is 40.9 Å². The number of aryl methyl sites for hydroxylation is 1. The van der Waals surface area contributed by atoms with E-state index in [0.29, 0.717) is 5.69 Å². The molecule has 1 N–H and O–H groups in total. The molecule has 0 saturated heterocycles. The van der Waals surface area contributed by atoms with Crippen molar-refractivity contribution in [2.45, 2.75) is 6.92 Å². The summed E-state index contributed by atoms with van der Waals surface area (Å²) < 4.78 is 19.7. The highest BCUT2D eigenvalue weighted by Gasteiger charge is 2.17. The minimum Gasteiger partial charge on any atom is -0.496 e. The van der Waals surface area contributed by atoms with E-state index in [1.807, 2.05) is 13.0 Å². The molecule has 0 aromatic heterocycles. The second-order valence-electron chi connectivity index (χ2n) is 4.24.